The maximum absolute atomic E-state index is 13.7. The quantitative estimate of drug-likeness (QED) is 0.291. The van der Waals surface area contributed by atoms with Gasteiger partial charge in [0.05, 0.1) is 0 Å². The molecule has 3 aromatic carbocycles. The Morgan fingerprint density at radius 3 is 1.59 bits per heavy atom. The van der Waals surface area contributed by atoms with Crippen LogP contribution in [-0.2, 0) is 4.79 Å². The molecule has 0 atom stereocenters. The van der Waals surface area contributed by atoms with Crippen molar-refractivity contribution in [3.63, 3.8) is 0 Å². The maximum Gasteiger partial charge on any atom is 0.185 e. The fourth-order valence-corrected chi connectivity index (χ4v) is 3.85. The van der Waals surface area contributed by atoms with Crippen molar-refractivity contribution in [2.24, 2.45) is 0 Å². The molecule has 0 spiro atoms. The number of anilines is 1. The van der Waals surface area contributed by atoms with Gasteiger partial charge in [0.2, 0.25) is 0 Å². The van der Waals surface area contributed by atoms with Crippen LogP contribution in [-0.4, -0.2) is 5.78 Å². The number of carbonyl (C=O) groups is 1. The van der Waals surface area contributed by atoms with Crippen molar-refractivity contribution in [3.8, 4) is 0 Å². The highest BCUT2D eigenvalue weighted by molar-refractivity contribution is 6.14. The normalized spacial score (nSPS) is 19.0. The van der Waals surface area contributed by atoms with E-state index in [1.165, 1.54) is 24.3 Å². The van der Waals surface area contributed by atoms with Crippen molar-refractivity contribution in [2.45, 2.75) is 18.8 Å². The number of hydrogen-bond acceptors (Lipinski definition) is 2. The van der Waals surface area contributed by atoms with E-state index in [1.54, 1.807) is 12.1 Å². The first-order valence-electron chi connectivity index (χ1n) is 10.0. The number of ketones is 1. The first-order chi connectivity index (χ1) is 15.3. The van der Waals surface area contributed by atoms with E-state index in [-0.39, 0.29) is 11.7 Å². The van der Waals surface area contributed by atoms with E-state index in [4.69, 9.17) is 5.73 Å². The zero-order valence-corrected chi connectivity index (χ0v) is 16.9. The van der Waals surface area contributed by atoms with Gasteiger partial charge in [0.15, 0.2) is 29.1 Å². The standard InChI is InChI=1S/C26H19F4NO/c27-22-7-1-15(11-24(22)29)9-19-13-18(17-3-5-21(31)6-4-17)14-20(26(19)32)10-16-2-8-23(28)25(30)12-16/h1-12,18H,13-14,31H2/b19-9+,20-10+. The number of hydrogen-bond donors (Lipinski definition) is 1. The lowest BCUT2D eigenvalue weighted by molar-refractivity contribution is -0.113. The lowest BCUT2D eigenvalue weighted by Crippen LogP contribution is -2.19. The van der Waals surface area contributed by atoms with Crippen LogP contribution in [0.2, 0.25) is 0 Å². The zero-order valence-electron chi connectivity index (χ0n) is 16.9. The zero-order chi connectivity index (χ0) is 22.8. The summed E-state index contributed by atoms with van der Waals surface area (Å²) < 4.78 is 53.9. The smallest absolute Gasteiger partial charge is 0.185 e. The van der Waals surface area contributed by atoms with E-state index in [9.17, 15) is 22.4 Å². The molecule has 0 aliphatic heterocycles. The Bertz CT molecular complexity index is 1170. The summed E-state index contributed by atoms with van der Waals surface area (Å²) in [5.74, 6) is -4.31. The van der Waals surface area contributed by atoms with E-state index < -0.39 is 23.3 Å². The van der Waals surface area contributed by atoms with Crippen LogP contribution in [0.15, 0.2) is 71.8 Å². The van der Waals surface area contributed by atoms with Gasteiger partial charge in [-0.15, -0.1) is 0 Å². The molecule has 0 unspecified atom stereocenters. The van der Waals surface area contributed by atoms with Gasteiger partial charge in [-0.05, 0) is 84.0 Å². The number of benzene rings is 3. The van der Waals surface area contributed by atoms with Crippen molar-refractivity contribution in [1.82, 2.24) is 0 Å². The third kappa shape index (κ3) is 4.64. The number of carbonyl (C=O) groups excluding carboxylic acids is 1. The van der Waals surface area contributed by atoms with Gasteiger partial charge in [-0.2, -0.15) is 0 Å². The van der Waals surface area contributed by atoms with Gasteiger partial charge in [0.25, 0.3) is 0 Å². The van der Waals surface area contributed by atoms with E-state index >= 15 is 0 Å². The largest absolute Gasteiger partial charge is 0.399 e. The van der Waals surface area contributed by atoms with Gasteiger partial charge >= 0.3 is 0 Å². The Balaban J connectivity index is 1.76. The van der Waals surface area contributed by atoms with Gasteiger partial charge in [-0.25, -0.2) is 17.6 Å². The van der Waals surface area contributed by atoms with Gasteiger partial charge in [0.1, 0.15) is 0 Å². The molecule has 0 aromatic heterocycles. The maximum atomic E-state index is 13.7. The second-order valence-electron chi connectivity index (χ2n) is 7.79. The van der Waals surface area contributed by atoms with Crippen LogP contribution in [0, 0.1) is 23.3 Å². The first-order valence-corrected chi connectivity index (χ1v) is 10.0. The molecule has 0 bridgehead atoms. The Labute approximate surface area is 182 Å². The molecule has 1 saturated carbocycles. The van der Waals surface area contributed by atoms with Gasteiger partial charge in [0, 0.05) is 16.8 Å². The highest BCUT2D eigenvalue weighted by Crippen LogP contribution is 2.39. The molecular formula is C26H19F4NO. The molecule has 162 valence electrons. The third-order valence-electron chi connectivity index (χ3n) is 5.49. The molecule has 3 aromatic rings. The number of allylic oxidation sites excluding steroid dienone is 2. The highest BCUT2D eigenvalue weighted by Gasteiger charge is 2.29. The van der Waals surface area contributed by atoms with Crippen LogP contribution in [0.3, 0.4) is 0 Å². The van der Waals surface area contributed by atoms with Crippen LogP contribution in [0.25, 0.3) is 12.2 Å². The molecule has 0 saturated heterocycles. The van der Waals surface area contributed by atoms with E-state index in [0.29, 0.717) is 40.8 Å². The number of halogens is 4. The second-order valence-corrected chi connectivity index (χ2v) is 7.79. The first kappa shape index (κ1) is 21.6. The van der Waals surface area contributed by atoms with E-state index in [0.717, 1.165) is 29.8 Å². The predicted octanol–water partition coefficient (Wildman–Crippen LogP) is 6.44. The SMILES string of the molecule is Nc1ccc(C2C/C(=C\c3ccc(F)c(F)c3)C(=O)/C(=C/c3ccc(F)c(F)c3)C2)cc1. The molecule has 4 rings (SSSR count). The Morgan fingerprint density at radius 2 is 1.16 bits per heavy atom. The topological polar surface area (TPSA) is 43.1 Å². The summed E-state index contributed by atoms with van der Waals surface area (Å²) in [6, 6.07) is 14.1. The van der Waals surface area contributed by atoms with Gasteiger partial charge in [-0.1, -0.05) is 24.3 Å². The molecule has 1 aliphatic rings. The molecule has 0 radical (unpaired) electrons. The second kappa shape index (κ2) is 8.83. The minimum Gasteiger partial charge on any atom is -0.399 e. The monoisotopic (exact) mass is 437 g/mol. The molecule has 2 N–H and O–H groups in total. The minimum atomic E-state index is -1.00. The van der Waals surface area contributed by atoms with Crippen molar-refractivity contribution in [1.29, 1.82) is 0 Å². The van der Waals surface area contributed by atoms with Crippen LogP contribution >= 0.6 is 0 Å². The summed E-state index contributed by atoms with van der Waals surface area (Å²) in [6.07, 6.45) is 3.84. The molecule has 2 nitrogen and oxygen atoms in total. The number of nitrogen functional groups attached to an aromatic ring is 1. The summed E-state index contributed by atoms with van der Waals surface area (Å²) in [5.41, 5.74) is 8.89. The van der Waals surface area contributed by atoms with Crippen molar-refractivity contribution >= 4 is 23.6 Å². The molecule has 1 fully saturated rings. The van der Waals surface area contributed by atoms with E-state index in [2.05, 4.69) is 0 Å². The fraction of sp³-hybridized carbons (Fsp3) is 0.115. The fourth-order valence-electron chi connectivity index (χ4n) is 3.85. The predicted molar refractivity (Wildman–Crippen MR) is 117 cm³/mol. The summed E-state index contributed by atoms with van der Waals surface area (Å²) in [7, 11) is 0. The number of nitrogens with two attached hydrogens (primary N) is 1. The molecular weight excluding hydrogens is 418 g/mol. The molecule has 6 heteroatoms. The lowest BCUT2D eigenvalue weighted by Gasteiger charge is -2.26. The number of Topliss-reactive ketones (excluding diaryl/α,β-unsaturated/α-hetero) is 1. The molecule has 0 amide bonds. The Morgan fingerprint density at radius 1 is 0.688 bits per heavy atom. The average Bonchev–Trinajstić information content (AvgIpc) is 2.76. The summed E-state index contributed by atoms with van der Waals surface area (Å²) in [6.45, 7) is 0. The molecule has 0 heterocycles. The van der Waals surface area contributed by atoms with E-state index in [1.807, 2.05) is 12.1 Å². The van der Waals surface area contributed by atoms with Gasteiger partial charge in [-0.3, -0.25) is 4.79 Å². The van der Waals surface area contributed by atoms with Crippen molar-refractivity contribution in [3.05, 3.63) is 112 Å². The highest BCUT2D eigenvalue weighted by atomic mass is 19.2. The average molecular weight is 437 g/mol. The van der Waals surface area contributed by atoms with Crippen LogP contribution in [0.1, 0.15) is 35.4 Å². The summed E-state index contributed by atoms with van der Waals surface area (Å²) >= 11 is 0. The Hall–Kier alpha value is -3.67. The van der Waals surface area contributed by atoms with Gasteiger partial charge < -0.3 is 5.73 Å². The third-order valence-corrected chi connectivity index (χ3v) is 5.49. The summed E-state index contributed by atoms with van der Waals surface area (Å²) in [4.78, 5) is 13.2. The van der Waals surface area contributed by atoms with Crippen LogP contribution in [0.5, 0.6) is 0 Å². The molecule has 1 aliphatic carbocycles. The summed E-state index contributed by atoms with van der Waals surface area (Å²) in [5, 5.41) is 0. The minimum absolute atomic E-state index is 0.0820. The Kier molecular flexibility index (Phi) is 5.95. The number of rotatable bonds is 3. The lowest BCUT2D eigenvalue weighted by atomic mass is 9.76. The van der Waals surface area contributed by atoms with Crippen molar-refractivity contribution < 1.29 is 22.4 Å². The van der Waals surface area contributed by atoms with Crippen LogP contribution in [0.4, 0.5) is 23.2 Å². The molecule has 32 heavy (non-hydrogen) atoms. The van der Waals surface area contributed by atoms with Crippen molar-refractivity contribution in [2.75, 3.05) is 5.73 Å². The van der Waals surface area contributed by atoms with Crippen LogP contribution < -0.4 is 5.73 Å².